The van der Waals surface area contributed by atoms with Gasteiger partial charge in [-0.05, 0) is 40.5 Å². The normalized spacial score (nSPS) is 11.6. The molecule has 0 saturated carbocycles. The number of hydrogen-bond acceptors (Lipinski definition) is 5. The molecule has 11 rings (SSSR count). The maximum absolute atomic E-state index is 6.74. The highest BCUT2D eigenvalue weighted by atomic mass is 32.1. The molecule has 3 heterocycles. The number of aromatic nitrogens is 3. The van der Waals surface area contributed by atoms with E-state index in [1.807, 2.05) is 30.3 Å². The maximum atomic E-state index is 6.74. The molecule has 0 fully saturated rings. The first-order valence-electron chi connectivity index (χ1n) is 18.7. The second-order valence-corrected chi connectivity index (χ2v) is 14.9. The molecule has 5 heteroatoms. The van der Waals surface area contributed by atoms with Crippen LogP contribution in [0.4, 0.5) is 0 Å². The molecule has 3 aromatic heterocycles. The smallest absolute Gasteiger partial charge is 0.165 e. The van der Waals surface area contributed by atoms with Crippen molar-refractivity contribution < 1.29 is 4.42 Å². The van der Waals surface area contributed by atoms with Crippen molar-refractivity contribution in [3.05, 3.63) is 188 Å². The summed E-state index contributed by atoms with van der Waals surface area (Å²) in [5, 5.41) is 4.60. The minimum absolute atomic E-state index is 0.637. The number of hydrogen-bond donors (Lipinski definition) is 0. The van der Waals surface area contributed by atoms with Gasteiger partial charge in [0, 0.05) is 58.8 Å². The molecule has 0 aliphatic heterocycles. The zero-order valence-corrected chi connectivity index (χ0v) is 30.9. The van der Waals surface area contributed by atoms with Gasteiger partial charge in [0.2, 0.25) is 0 Å². The molecule has 0 spiro atoms. The molecule has 0 N–H and O–H groups in total. The summed E-state index contributed by atoms with van der Waals surface area (Å²) in [4.78, 5) is 15.3. The van der Waals surface area contributed by atoms with E-state index in [4.69, 9.17) is 19.4 Å². The van der Waals surface area contributed by atoms with E-state index in [0.29, 0.717) is 17.5 Å². The van der Waals surface area contributed by atoms with Crippen LogP contribution >= 0.6 is 11.3 Å². The van der Waals surface area contributed by atoms with Crippen LogP contribution in [0.3, 0.4) is 0 Å². The Labute approximate surface area is 327 Å². The standard InChI is InChI=1S/C51H31N3OS/c1-4-14-32(15-5-1)33-26-28-36(29-27-33)50-52-49(35-18-8-3-9-19-35)53-51(54-50)43-24-13-23-41-40-22-12-21-39(47(40)56-48(41)43)38-31-30-37(34-16-6-2-7-17-34)45-42-20-10-11-25-44(42)55-46(38)45/h1-31H. The van der Waals surface area contributed by atoms with Gasteiger partial charge in [-0.25, -0.2) is 15.0 Å². The van der Waals surface area contributed by atoms with Gasteiger partial charge in [-0.3, -0.25) is 0 Å². The van der Waals surface area contributed by atoms with Crippen LogP contribution in [0, 0.1) is 0 Å². The summed E-state index contributed by atoms with van der Waals surface area (Å²) < 4.78 is 9.06. The zero-order valence-electron chi connectivity index (χ0n) is 30.1. The van der Waals surface area contributed by atoms with Crippen molar-refractivity contribution in [2.24, 2.45) is 0 Å². The third kappa shape index (κ3) is 5.40. The number of thiophene rings is 1. The summed E-state index contributed by atoms with van der Waals surface area (Å²) >= 11 is 1.78. The van der Waals surface area contributed by atoms with Crippen molar-refractivity contribution in [2.75, 3.05) is 0 Å². The summed E-state index contributed by atoms with van der Waals surface area (Å²) in [5.41, 5.74) is 11.5. The van der Waals surface area contributed by atoms with Crippen LogP contribution in [0.1, 0.15) is 0 Å². The predicted octanol–water partition coefficient (Wildman–Crippen LogP) is 14.1. The summed E-state index contributed by atoms with van der Waals surface area (Å²) in [6.07, 6.45) is 0. The Balaban J connectivity index is 1.10. The molecular weight excluding hydrogens is 703 g/mol. The SMILES string of the molecule is c1ccc(-c2ccc(-c3nc(-c4ccccc4)nc(-c4cccc5c4sc4c(-c6ccc(-c7ccccc7)c7c6oc6ccccc67)cccc45)n3)cc2)cc1. The lowest BCUT2D eigenvalue weighted by atomic mass is 9.94. The van der Waals surface area contributed by atoms with Crippen molar-refractivity contribution in [1.82, 2.24) is 15.0 Å². The van der Waals surface area contributed by atoms with Crippen LogP contribution in [0.2, 0.25) is 0 Å². The minimum Gasteiger partial charge on any atom is -0.455 e. The van der Waals surface area contributed by atoms with Gasteiger partial charge in [-0.2, -0.15) is 0 Å². The van der Waals surface area contributed by atoms with Crippen LogP contribution in [0.25, 0.3) is 110 Å². The largest absolute Gasteiger partial charge is 0.455 e. The number of benzene rings is 8. The third-order valence-electron chi connectivity index (χ3n) is 10.6. The minimum atomic E-state index is 0.637. The van der Waals surface area contributed by atoms with Gasteiger partial charge in [0.25, 0.3) is 0 Å². The molecule has 11 aromatic rings. The molecule has 0 radical (unpaired) electrons. The van der Waals surface area contributed by atoms with E-state index in [2.05, 4.69) is 158 Å². The molecule has 262 valence electrons. The fraction of sp³-hybridized carbons (Fsp3) is 0. The fourth-order valence-corrected chi connectivity index (χ4v) is 9.23. The Hall–Kier alpha value is -7.21. The average molecular weight is 734 g/mol. The number of rotatable bonds is 6. The fourth-order valence-electron chi connectivity index (χ4n) is 7.89. The molecule has 0 saturated heterocycles. The Bertz CT molecular complexity index is 3230. The number of furan rings is 1. The van der Waals surface area contributed by atoms with E-state index >= 15 is 0 Å². The lowest BCUT2D eigenvalue weighted by Crippen LogP contribution is -2.00. The third-order valence-corrected chi connectivity index (χ3v) is 11.9. The van der Waals surface area contributed by atoms with E-state index < -0.39 is 0 Å². The first-order valence-corrected chi connectivity index (χ1v) is 19.5. The highest BCUT2D eigenvalue weighted by molar-refractivity contribution is 7.26. The Kier molecular flexibility index (Phi) is 7.64. The molecular formula is C51H31N3OS. The molecule has 8 aromatic carbocycles. The van der Waals surface area contributed by atoms with Gasteiger partial charge >= 0.3 is 0 Å². The van der Waals surface area contributed by atoms with Crippen LogP contribution < -0.4 is 0 Å². The van der Waals surface area contributed by atoms with Crippen molar-refractivity contribution >= 4 is 53.4 Å². The van der Waals surface area contributed by atoms with Gasteiger partial charge in [0.15, 0.2) is 17.5 Å². The van der Waals surface area contributed by atoms with Crippen molar-refractivity contribution in [2.45, 2.75) is 0 Å². The van der Waals surface area contributed by atoms with Crippen LogP contribution in [0.5, 0.6) is 0 Å². The zero-order chi connectivity index (χ0) is 37.0. The monoisotopic (exact) mass is 733 g/mol. The van der Waals surface area contributed by atoms with Gasteiger partial charge in [0.1, 0.15) is 11.2 Å². The highest BCUT2D eigenvalue weighted by Crippen LogP contribution is 2.47. The molecule has 0 aliphatic rings. The molecule has 0 amide bonds. The van der Waals surface area contributed by atoms with Crippen LogP contribution in [-0.4, -0.2) is 15.0 Å². The van der Waals surface area contributed by atoms with E-state index in [1.54, 1.807) is 11.3 Å². The van der Waals surface area contributed by atoms with E-state index in [0.717, 1.165) is 65.6 Å². The van der Waals surface area contributed by atoms with Crippen molar-refractivity contribution in [3.63, 3.8) is 0 Å². The second-order valence-electron chi connectivity index (χ2n) is 13.9. The van der Waals surface area contributed by atoms with Gasteiger partial charge in [-0.15, -0.1) is 11.3 Å². The lowest BCUT2D eigenvalue weighted by molar-refractivity contribution is 0.670. The van der Waals surface area contributed by atoms with Crippen LogP contribution in [-0.2, 0) is 0 Å². The Morgan fingerprint density at radius 1 is 0.321 bits per heavy atom. The number of fused-ring (bicyclic) bond motifs is 6. The van der Waals surface area contributed by atoms with E-state index in [9.17, 15) is 0 Å². The summed E-state index contributed by atoms with van der Waals surface area (Å²) in [6.45, 7) is 0. The predicted molar refractivity (Wildman–Crippen MR) is 233 cm³/mol. The summed E-state index contributed by atoms with van der Waals surface area (Å²) in [5.74, 6) is 1.92. The first-order chi connectivity index (χ1) is 27.8. The number of para-hydroxylation sites is 1. The van der Waals surface area contributed by atoms with Gasteiger partial charge < -0.3 is 4.42 Å². The van der Waals surface area contributed by atoms with Gasteiger partial charge in [-0.1, -0.05) is 170 Å². The molecule has 4 nitrogen and oxygen atoms in total. The Morgan fingerprint density at radius 2 is 0.804 bits per heavy atom. The average Bonchev–Trinajstić information content (AvgIpc) is 3.87. The number of nitrogens with zero attached hydrogens (tertiary/aromatic N) is 3. The van der Waals surface area contributed by atoms with E-state index in [1.165, 1.54) is 26.6 Å². The molecule has 0 atom stereocenters. The first kappa shape index (κ1) is 32.2. The summed E-state index contributed by atoms with van der Waals surface area (Å²) in [6, 6.07) is 65.5. The van der Waals surface area contributed by atoms with E-state index in [-0.39, 0.29) is 0 Å². The van der Waals surface area contributed by atoms with Gasteiger partial charge in [0.05, 0.1) is 0 Å². The molecule has 56 heavy (non-hydrogen) atoms. The van der Waals surface area contributed by atoms with Crippen LogP contribution in [0.15, 0.2) is 192 Å². The Morgan fingerprint density at radius 3 is 1.50 bits per heavy atom. The molecule has 0 unspecified atom stereocenters. The second kappa shape index (κ2) is 13.3. The molecule has 0 bridgehead atoms. The van der Waals surface area contributed by atoms with Crippen molar-refractivity contribution in [1.29, 1.82) is 0 Å². The van der Waals surface area contributed by atoms with Crippen molar-refractivity contribution in [3.8, 4) is 67.5 Å². The highest BCUT2D eigenvalue weighted by Gasteiger charge is 2.21. The summed E-state index contributed by atoms with van der Waals surface area (Å²) in [7, 11) is 0. The maximum Gasteiger partial charge on any atom is 0.165 e. The topological polar surface area (TPSA) is 51.8 Å². The molecule has 0 aliphatic carbocycles. The lowest BCUT2D eigenvalue weighted by Gasteiger charge is -2.10. The quantitative estimate of drug-likeness (QED) is 0.171.